The number of hydrogen-bond donors (Lipinski definition) is 1. The molecule has 0 saturated heterocycles. The van der Waals surface area contributed by atoms with Gasteiger partial charge in [0.25, 0.3) is 5.91 Å². The lowest BCUT2D eigenvalue weighted by atomic mass is 9.87. The first-order chi connectivity index (χ1) is 9.75. The average Bonchev–Trinajstić information content (AvgIpc) is 2.51. The van der Waals surface area contributed by atoms with E-state index in [1.807, 2.05) is 42.5 Å². The van der Waals surface area contributed by atoms with E-state index < -0.39 is 0 Å². The maximum atomic E-state index is 12.3. The summed E-state index contributed by atoms with van der Waals surface area (Å²) in [6.07, 6.45) is 1.86. The van der Waals surface area contributed by atoms with Gasteiger partial charge in [0, 0.05) is 5.56 Å². The first-order valence-electron chi connectivity index (χ1n) is 6.83. The summed E-state index contributed by atoms with van der Waals surface area (Å²) in [6.45, 7) is 0. The first-order valence-corrected chi connectivity index (χ1v) is 7.27. The monoisotopic (exact) mass is 285 g/mol. The molecule has 1 N–H and O–H groups in total. The Morgan fingerprint density at radius 3 is 2.55 bits per heavy atom. The molecule has 1 aliphatic rings. The second-order valence-corrected chi connectivity index (χ2v) is 5.63. The molecule has 0 saturated carbocycles. The van der Waals surface area contributed by atoms with Gasteiger partial charge in [-0.05, 0) is 36.1 Å². The third kappa shape index (κ3) is 2.56. The van der Waals surface area contributed by atoms with Crippen LogP contribution in [-0.2, 0) is 6.42 Å². The predicted molar refractivity (Wildman–Crippen MR) is 81.1 cm³/mol. The Labute approximate surface area is 123 Å². The van der Waals surface area contributed by atoms with Gasteiger partial charge in [-0.1, -0.05) is 42.5 Å². The molecule has 2 nitrogen and oxygen atoms in total. The lowest BCUT2D eigenvalue weighted by molar-refractivity contribution is 0.0933. The molecular weight excluding hydrogens is 270 g/mol. The molecule has 3 heteroatoms. The Bertz CT molecular complexity index is 611. The molecule has 2 aromatic rings. The summed E-state index contributed by atoms with van der Waals surface area (Å²) >= 11 is 6.43. The van der Waals surface area contributed by atoms with Gasteiger partial charge in [0.2, 0.25) is 0 Å². The van der Waals surface area contributed by atoms with Crippen molar-refractivity contribution in [1.29, 1.82) is 0 Å². The number of hydrogen-bond acceptors (Lipinski definition) is 1. The zero-order chi connectivity index (χ0) is 13.9. The van der Waals surface area contributed by atoms with Gasteiger partial charge in [-0.15, -0.1) is 11.6 Å². The van der Waals surface area contributed by atoms with Crippen LogP contribution in [0.4, 0.5) is 0 Å². The number of rotatable bonds is 2. The third-order valence-electron chi connectivity index (χ3n) is 3.76. The SMILES string of the molecule is O=C(N[C@@H]1c2ccccc2CC[C@@H]1Cl)c1ccccc1. The first kappa shape index (κ1) is 13.2. The highest BCUT2D eigenvalue weighted by atomic mass is 35.5. The van der Waals surface area contributed by atoms with Crippen molar-refractivity contribution in [3.8, 4) is 0 Å². The molecule has 2 atom stereocenters. The predicted octanol–water partition coefficient (Wildman–Crippen LogP) is 3.71. The Balaban J connectivity index is 1.85. The molecule has 0 unspecified atom stereocenters. The molecule has 0 spiro atoms. The maximum absolute atomic E-state index is 12.3. The molecule has 102 valence electrons. The number of benzene rings is 2. The fourth-order valence-electron chi connectivity index (χ4n) is 2.70. The quantitative estimate of drug-likeness (QED) is 0.838. The van der Waals surface area contributed by atoms with Crippen LogP contribution in [0, 0.1) is 0 Å². The van der Waals surface area contributed by atoms with Crippen molar-refractivity contribution in [3.05, 3.63) is 71.3 Å². The van der Waals surface area contributed by atoms with Crippen molar-refractivity contribution in [2.45, 2.75) is 24.3 Å². The number of aryl methyl sites for hydroxylation is 1. The number of carbonyl (C=O) groups excluding carboxylic acids is 1. The second kappa shape index (κ2) is 5.68. The summed E-state index contributed by atoms with van der Waals surface area (Å²) in [5.41, 5.74) is 3.09. The topological polar surface area (TPSA) is 29.1 Å². The summed E-state index contributed by atoms with van der Waals surface area (Å²) in [6, 6.07) is 17.3. The molecule has 1 aliphatic carbocycles. The van der Waals surface area contributed by atoms with Crippen LogP contribution < -0.4 is 5.32 Å². The molecule has 0 fully saturated rings. The zero-order valence-corrected chi connectivity index (χ0v) is 11.8. The third-order valence-corrected chi connectivity index (χ3v) is 4.23. The maximum Gasteiger partial charge on any atom is 0.251 e. The van der Waals surface area contributed by atoms with Crippen LogP contribution >= 0.6 is 11.6 Å². The highest BCUT2D eigenvalue weighted by Gasteiger charge is 2.29. The number of halogens is 1. The lowest BCUT2D eigenvalue weighted by Crippen LogP contribution is -2.37. The molecule has 0 aromatic heterocycles. The van der Waals surface area contributed by atoms with E-state index in [1.54, 1.807) is 0 Å². The Hall–Kier alpha value is -1.80. The number of carbonyl (C=O) groups is 1. The van der Waals surface area contributed by atoms with Crippen molar-refractivity contribution in [2.75, 3.05) is 0 Å². The van der Waals surface area contributed by atoms with Gasteiger partial charge < -0.3 is 5.32 Å². The summed E-state index contributed by atoms with van der Waals surface area (Å²) < 4.78 is 0. The van der Waals surface area contributed by atoms with Crippen molar-refractivity contribution >= 4 is 17.5 Å². The molecule has 20 heavy (non-hydrogen) atoms. The van der Waals surface area contributed by atoms with Crippen molar-refractivity contribution < 1.29 is 4.79 Å². The van der Waals surface area contributed by atoms with E-state index in [0.717, 1.165) is 18.4 Å². The van der Waals surface area contributed by atoms with E-state index in [4.69, 9.17) is 11.6 Å². The Morgan fingerprint density at radius 1 is 1.05 bits per heavy atom. The van der Waals surface area contributed by atoms with Crippen molar-refractivity contribution in [3.63, 3.8) is 0 Å². The summed E-state index contributed by atoms with van der Waals surface area (Å²) in [5.74, 6) is -0.0713. The smallest absolute Gasteiger partial charge is 0.251 e. The average molecular weight is 286 g/mol. The number of alkyl halides is 1. The molecule has 1 amide bonds. The minimum absolute atomic E-state index is 0.0578. The molecular formula is C17H16ClNO. The number of nitrogens with one attached hydrogen (secondary N) is 1. The summed E-state index contributed by atoms with van der Waals surface area (Å²) in [7, 11) is 0. The van der Waals surface area contributed by atoms with Gasteiger partial charge >= 0.3 is 0 Å². The van der Waals surface area contributed by atoms with Crippen molar-refractivity contribution in [2.24, 2.45) is 0 Å². The van der Waals surface area contributed by atoms with Gasteiger partial charge in [0.1, 0.15) is 0 Å². The molecule has 0 bridgehead atoms. The van der Waals surface area contributed by atoms with Gasteiger partial charge in [-0.25, -0.2) is 0 Å². The van der Waals surface area contributed by atoms with Crippen LogP contribution in [0.3, 0.4) is 0 Å². The van der Waals surface area contributed by atoms with E-state index >= 15 is 0 Å². The Kier molecular flexibility index (Phi) is 3.75. The second-order valence-electron chi connectivity index (χ2n) is 5.07. The van der Waals surface area contributed by atoms with Gasteiger partial charge in [-0.2, -0.15) is 0 Å². The van der Waals surface area contributed by atoms with Gasteiger partial charge in [-0.3, -0.25) is 4.79 Å². The lowest BCUT2D eigenvalue weighted by Gasteiger charge is -2.30. The van der Waals surface area contributed by atoms with Crippen molar-refractivity contribution in [1.82, 2.24) is 5.32 Å². The van der Waals surface area contributed by atoms with E-state index in [9.17, 15) is 4.79 Å². The van der Waals surface area contributed by atoms with Crippen LogP contribution in [0.5, 0.6) is 0 Å². The number of amides is 1. The molecule has 0 heterocycles. The minimum atomic E-state index is -0.116. The van der Waals surface area contributed by atoms with Crippen LogP contribution in [0.2, 0.25) is 0 Å². The summed E-state index contributed by atoms with van der Waals surface area (Å²) in [5, 5.41) is 3.01. The fourth-order valence-corrected chi connectivity index (χ4v) is 3.01. The van der Waals surface area contributed by atoms with Crippen LogP contribution in [-0.4, -0.2) is 11.3 Å². The van der Waals surface area contributed by atoms with E-state index in [1.165, 1.54) is 5.56 Å². The molecule has 3 rings (SSSR count). The van der Waals surface area contributed by atoms with E-state index in [0.29, 0.717) is 5.56 Å². The largest absolute Gasteiger partial charge is 0.344 e. The van der Waals surface area contributed by atoms with E-state index in [-0.39, 0.29) is 17.3 Å². The zero-order valence-electron chi connectivity index (χ0n) is 11.1. The molecule has 0 aliphatic heterocycles. The standard InChI is InChI=1S/C17H16ClNO/c18-15-11-10-12-6-4-5-9-14(12)16(15)19-17(20)13-7-2-1-3-8-13/h1-9,15-16H,10-11H2,(H,19,20)/t15-,16+/m0/s1. The number of fused-ring (bicyclic) bond motifs is 1. The Morgan fingerprint density at radius 2 is 1.75 bits per heavy atom. The van der Waals surface area contributed by atoms with Crippen LogP contribution in [0.1, 0.15) is 33.9 Å². The van der Waals surface area contributed by atoms with Crippen LogP contribution in [0.25, 0.3) is 0 Å². The normalized spacial score (nSPS) is 21.1. The van der Waals surface area contributed by atoms with Gasteiger partial charge in [0.05, 0.1) is 11.4 Å². The fraction of sp³-hybridized carbons (Fsp3) is 0.235. The van der Waals surface area contributed by atoms with E-state index in [2.05, 4.69) is 17.4 Å². The summed E-state index contributed by atoms with van der Waals surface area (Å²) in [4.78, 5) is 12.3. The minimum Gasteiger partial charge on any atom is -0.344 e. The highest BCUT2D eigenvalue weighted by molar-refractivity contribution is 6.21. The van der Waals surface area contributed by atoms with Gasteiger partial charge in [0.15, 0.2) is 0 Å². The van der Waals surface area contributed by atoms with Crippen LogP contribution in [0.15, 0.2) is 54.6 Å². The molecule has 2 aromatic carbocycles. The molecule has 0 radical (unpaired) electrons. The highest BCUT2D eigenvalue weighted by Crippen LogP contribution is 2.33.